The number of nitrogens with one attached hydrogen (secondary N) is 1. The van der Waals surface area contributed by atoms with Crippen LogP contribution in [0.25, 0.3) is 0 Å². The maximum absolute atomic E-state index is 6.12. The standard InChI is InChI=1S/C14H17ClN2OS/c1-3-16-7-14-17-11(9-19-14)8-18-13-5-4-10(2)6-12(13)15/h4-6,9,16H,3,7-8H2,1-2H3. The second kappa shape index (κ2) is 6.89. The van der Waals surface area contributed by atoms with Crippen LogP contribution in [0.5, 0.6) is 5.75 Å². The number of nitrogens with zero attached hydrogens (tertiary/aromatic N) is 1. The van der Waals surface area contributed by atoms with Gasteiger partial charge in [0, 0.05) is 11.9 Å². The molecule has 0 bridgehead atoms. The fourth-order valence-corrected chi connectivity index (χ4v) is 2.64. The Bertz CT molecular complexity index is 542. The largest absolute Gasteiger partial charge is 0.486 e. The highest BCUT2D eigenvalue weighted by Gasteiger charge is 2.05. The van der Waals surface area contributed by atoms with E-state index in [9.17, 15) is 0 Å². The quantitative estimate of drug-likeness (QED) is 0.880. The summed E-state index contributed by atoms with van der Waals surface area (Å²) >= 11 is 7.76. The lowest BCUT2D eigenvalue weighted by Crippen LogP contribution is -2.11. The molecule has 0 atom stereocenters. The first-order valence-electron chi connectivity index (χ1n) is 6.22. The number of hydrogen-bond donors (Lipinski definition) is 1. The van der Waals surface area contributed by atoms with Gasteiger partial charge in [0.05, 0.1) is 10.7 Å². The molecule has 2 rings (SSSR count). The van der Waals surface area contributed by atoms with Crippen LogP contribution in [0.15, 0.2) is 23.6 Å². The predicted molar refractivity (Wildman–Crippen MR) is 80.0 cm³/mol. The van der Waals surface area contributed by atoms with E-state index in [2.05, 4.69) is 17.2 Å². The van der Waals surface area contributed by atoms with Crippen molar-refractivity contribution in [3.8, 4) is 5.75 Å². The summed E-state index contributed by atoms with van der Waals surface area (Å²) in [5.41, 5.74) is 2.06. The summed E-state index contributed by atoms with van der Waals surface area (Å²) in [5.74, 6) is 0.702. The summed E-state index contributed by atoms with van der Waals surface area (Å²) in [6, 6.07) is 5.77. The van der Waals surface area contributed by atoms with E-state index in [4.69, 9.17) is 16.3 Å². The Balaban J connectivity index is 1.92. The third-order valence-corrected chi connectivity index (χ3v) is 3.78. The van der Waals surface area contributed by atoms with E-state index < -0.39 is 0 Å². The fourth-order valence-electron chi connectivity index (χ4n) is 1.60. The first kappa shape index (κ1) is 14.3. The van der Waals surface area contributed by atoms with Crippen molar-refractivity contribution in [3.63, 3.8) is 0 Å². The maximum Gasteiger partial charge on any atom is 0.138 e. The van der Waals surface area contributed by atoms with Crippen LogP contribution < -0.4 is 10.1 Å². The van der Waals surface area contributed by atoms with Gasteiger partial charge in [-0.2, -0.15) is 0 Å². The minimum absolute atomic E-state index is 0.450. The van der Waals surface area contributed by atoms with Crippen LogP contribution in [0.2, 0.25) is 5.02 Å². The smallest absolute Gasteiger partial charge is 0.138 e. The monoisotopic (exact) mass is 296 g/mol. The fraction of sp³-hybridized carbons (Fsp3) is 0.357. The van der Waals surface area contributed by atoms with Gasteiger partial charge in [0.15, 0.2) is 0 Å². The summed E-state index contributed by atoms with van der Waals surface area (Å²) in [5, 5.41) is 7.00. The maximum atomic E-state index is 6.12. The summed E-state index contributed by atoms with van der Waals surface area (Å²) < 4.78 is 5.69. The number of hydrogen-bond acceptors (Lipinski definition) is 4. The van der Waals surface area contributed by atoms with Crippen molar-refractivity contribution >= 4 is 22.9 Å². The third kappa shape index (κ3) is 4.20. The molecule has 0 fully saturated rings. The molecule has 0 unspecified atom stereocenters. The molecule has 0 saturated heterocycles. The average molecular weight is 297 g/mol. The van der Waals surface area contributed by atoms with Gasteiger partial charge < -0.3 is 10.1 Å². The molecule has 0 saturated carbocycles. The summed E-state index contributed by atoms with van der Waals surface area (Å²) in [6.07, 6.45) is 0. The molecule has 2 aromatic rings. The Morgan fingerprint density at radius 3 is 3.00 bits per heavy atom. The van der Waals surface area contributed by atoms with Gasteiger partial charge in [0.25, 0.3) is 0 Å². The Morgan fingerprint density at radius 1 is 1.42 bits per heavy atom. The molecule has 1 aromatic carbocycles. The predicted octanol–water partition coefficient (Wildman–Crippen LogP) is 3.79. The zero-order valence-electron chi connectivity index (χ0n) is 11.1. The Hall–Kier alpha value is -1.10. The number of aryl methyl sites for hydroxylation is 1. The Kier molecular flexibility index (Phi) is 5.19. The van der Waals surface area contributed by atoms with Crippen LogP contribution in [-0.2, 0) is 13.2 Å². The highest BCUT2D eigenvalue weighted by Crippen LogP contribution is 2.26. The van der Waals surface area contributed by atoms with Gasteiger partial charge in [-0.1, -0.05) is 24.6 Å². The van der Waals surface area contributed by atoms with Crippen LogP contribution in [0.3, 0.4) is 0 Å². The van der Waals surface area contributed by atoms with Gasteiger partial charge in [-0.05, 0) is 31.2 Å². The molecule has 0 radical (unpaired) electrons. The number of ether oxygens (including phenoxy) is 1. The van der Waals surface area contributed by atoms with Gasteiger partial charge in [0.2, 0.25) is 0 Å². The first-order chi connectivity index (χ1) is 9.19. The summed E-state index contributed by atoms with van der Waals surface area (Å²) in [6.45, 7) is 6.29. The lowest BCUT2D eigenvalue weighted by Gasteiger charge is -2.06. The molecule has 0 aliphatic carbocycles. The SMILES string of the molecule is CCNCc1nc(COc2ccc(C)cc2Cl)cs1. The Morgan fingerprint density at radius 2 is 2.26 bits per heavy atom. The number of benzene rings is 1. The van der Waals surface area contributed by atoms with Crippen molar-refractivity contribution in [1.29, 1.82) is 0 Å². The van der Waals surface area contributed by atoms with Gasteiger partial charge in [0.1, 0.15) is 17.4 Å². The van der Waals surface area contributed by atoms with Gasteiger partial charge in [-0.25, -0.2) is 4.98 Å². The average Bonchev–Trinajstić information content (AvgIpc) is 2.83. The number of aromatic nitrogens is 1. The van der Waals surface area contributed by atoms with Crippen molar-refractivity contribution in [3.05, 3.63) is 44.9 Å². The van der Waals surface area contributed by atoms with Crippen LogP contribution in [0.4, 0.5) is 0 Å². The zero-order chi connectivity index (χ0) is 13.7. The summed E-state index contributed by atoms with van der Waals surface area (Å²) in [4.78, 5) is 4.50. The second-order valence-electron chi connectivity index (χ2n) is 4.24. The molecule has 0 spiro atoms. The lowest BCUT2D eigenvalue weighted by atomic mass is 10.2. The van der Waals surface area contributed by atoms with E-state index >= 15 is 0 Å². The molecule has 0 aliphatic rings. The second-order valence-corrected chi connectivity index (χ2v) is 5.59. The van der Waals surface area contributed by atoms with Crippen LogP contribution in [0, 0.1) is 6.92 Å². The van der Waals surface area contributed by atoms with Crippen LogP contribution >= 0.6 is 22.9 Å². The van der Waals surface area contributed by atoms with Gasteiger partial charge in [-0.3, -0.25) is 0 Å². The highest BCUT2D eigenvalue weighted by molar-refractivity contribution is 7.09. The van der Waals surface area contributed by atoms with E-state index in [1.807, 2.05) is 30.5 Å². The highest BCUT2D eigenvalue weighted by atomic mass is 35.5. The van der Waals surface area contributed by atoms with Crippen molar-refractivity contribution in [1.82, 2.24) is 10.3 Å². The molecule has 5 heteroatoms. The van der Waals surface area contributed by atoms with Crippen molar-refractivity contribution in [2.75, 3.05) is 6.54 Å². The molecule has 1 N–H and O–H groups in total. The minimum atomic E-state index is 0.450. The van der Waals surface area contributed by atoms with E-state index in [-0.39, 0.29) is 0 Å². The molecule has 0 aliphatic heterocycles. The molecular weight excluding hydrogens is 280 g/mol. The molecule has 102 valence electrons. The minimum Gasteiger partial charge on any atom is -0.486 e. The molecule has 3 nitrogen and oxygen atoms in total. The van der Waals surface area contributed by atoms with E-state index in [1.54, 1.807) is 11.3 Å². The van der Waals surface area contributed by atoms with Crippen LogP contribution in [0.1, 0.15) is 23.2 Å². The van der Waals surface area contributed by atoms with Gasteiger partial charge in [-0.15, -0.1) is 11.3 Å². The number of halogens is 1. The zero-order valence-corrected chi connectivity index (χ0v) is 12.6. The molecule has 1 aromatic heterocycles. The topological polar surface area (TPSA) is 34.2 Å². The normalized spacial score (nSPS) is 10.7. The van der Waals surface area contributed by atoms with E-state index in [0.29, 0.717) is 17.4 Å². The number of thiazole rings is 1. The van der Waals surface area contributed by atoms with Crippen LogP contribution in [-0.4, -0.2) is 11.5 Å². The van der Waals surface area contributed by atoms with Gasteiger partial charge >= 0.3 is 0 Å². The van der Waals surface area contributed by atoms with Crippen molar-refractivity contribution < 1.29 is 4.74 Å². The summed E-state index contributed by atoms with van der Waals surface area (Å²) in [7, 11) is 0. The van der Waals surface area contributed by atoms with Crippen molar-refractivity contribution in [2.45, 2.75) is 27.0 Å². The molecule has 1 heterocycles. The molecule has 0 amide bonds. The van der Waals surface area contributed by atoms with E-state index in [1.165, 1.54) is 0 Å². The Labute approximate surface area is 122 Å². The lowest BCUT2D eigenvalue weighted by molar-refractivity contribution is 0.302. The number of rotatable bonds is 6. The molecule has 19 heavy (non-hydrogen) atoms. The van der Waals surface area contributed by atoms with E-state index in [0.717, 1.165) is 29.4 Å². The molecular formula is C14H17ClN2OS. The van der Waals surface area contributed by atoms with Crippen molar-refractivity contribution in [2.24, 2.45) is 0 Å². The third-order valence-electron chi connectivity index (χ3n) is 2.59. The first-order valence-corrected chi connectivity index (χ1v) is 7.47.